The molecule has 2 amide bonds. The average Bonchev–Trinajstić information content (AvgIpc) is 3.26. The largest absolute Gasteiger partial charge is 0.467 e. The van der Waals surface area contributed by atoms with Gasteiger partial charge in [-0.25, -0.2) is 0 Å². The fourth-order valence-corrected chi connectivity index (χ4v) is 6.55. The summed E-state index contributed by atoms with van der Waals surface area (Å²) in [4.78, 5) is 32.1. The first-order valence-corrected chi connectivity index (χ1v) is 11.6. The van der Waals surface area contributed by atoms with Crippen LogP contribution in [0, 0.1) is 23.2 Å². The van der Waals surface area contributed by atoms with E-state index in [-0.39, 0.29) is 17.2 Å². The molecule has 6 nitrogen and oxygen atoms in total. The first-order valence-electron chi connectivity index (χ1n) is 11.6. The molecule has 0 spiro atoms. The molecular weight excluding hydrogens is 390 g/mol. The highest BCUT2D eigenvalue weighted by Crippen LogP contribution is 2.60. The molecule has 2 heterocycles. The summed E-state index contributed by atoms with van der Waals surface area (Å²) in [6.07, 6.45) is 12.5. The second-order valence-electron chi connectivity index (χ2n) is 9.89. The second kappa shape index (κ2) is 8.48. The van der Waals surface area contributed by atoms with Gasteiger partial charge in [0.05, 0.1) is 12.8 Å². The second-order valence-corrected chi connectivity index (χ2v) is 9.89. The minimum absolute atomic E-state index is 0.00562. The molecule has 4 aliphatic rings. The first kappa shape index (κ1) is 20.3. The molecule has 0 aromatic carbocycles. The summed E-state index contributed by atoms with van der Waals surface area (Å²) >= 11 is 0. The Hall–Kier alpha value is -2.63. The lowest BCUT2D eigenvalue weighted by Gasteiger charge is -2.55. The number of rotatable bonds is 8. The van der Waals surface area contributed by atoms with E-state index in [1.807, 2.05) is 24.3 Å². The quantitative estimate of drug-likeness (QED) is 0.701. The monoisotopic (exact) mass is 421 g/mol. The van der Waals surface area contributed by atoms with Crippen molar-refractivity contribution in [2.45, 2.75) is 58.0 Å². The Balaban J connectivity index is 1.18. The van der Waals surface area contributed by atoms with E-state index in [0.717, 1.165) is 48.3 Å². The van der Waals surface area contributed by atoms with E-state index in [0.29, 0.717) is 26.1 Å². The van der Waals surface area contributed by atoms with Crippen LogP contribution in [0.3, 0.4) is 0 Å². The number of nitrogens with one attached hydrogen (secondary N) is 1. The van der Waals surface area contributed by atoms with E-state index in [9.17, 15) is 9.59 Å². The van der Waals surface area contributed by atoms with Crippen molar-refractivity contribution < 1.29 is 14.0 Å². The molecule has 4 aliphatic carbocycles. The Morgan fingerprint density at radius 3 is 2.42 bits per heavy atom. The van der Waals surface area contributed by atoms with Crippen LogP contribution in [0.4, 0.5) is 0 Å². The van der Waals surface area contributed by atoms with Gasteiger partial charge >= 0.3 is 0 Å². The number of hydrogen-bond donors (Lipinski definition) is 1. The van der Waals surface area contributed by atoms with Gasteiger partial charge in [0.1, 0.15) is 5.76 Å². The smallest absolute Gasteiger partial charge is 0.226 e. The summed E-state index contributed by atoms with van der Waals surface area (Å²) < 4.78 is 5.45. The van der Waals surface area contributed by atoms with E-state index >= 15 is 0 Å². The number of furan rings is 1. The molecule has 0 unspecified atom stereocenters. The topological polar surface area (TPSA) is 75.4 Å². The number of nitrogens with zero attached hydrogens (tertiary/aromatic N) is 2. The molecule has 0 atom stereocenters. The Morgan fingerprint density at radius 1 is 1.06 bits per heavy atom. The molecule has 0 radical (unpaired) electrons. The number of carbonyl (C=O) groups is 2. The van der Waals surface area contributed by atoms with Gasteiger partial charge in [0.2, 0.25) is 11.8 Å². The summed E-state index contributed by atoms with van der Waals surface area (Å²) in [5.74, 6) is 3.15. The molecular formula is C25H31N3O3. The van der Waals surface area contributed by atoms with Gasteiger partial charge in [-0.15, -0.1) is 0 Å². The fraction of sp³-hybridized carbons (Fsp3) is 0.560. The predicted molar refractivity (Wildman–Crippen MR) is 115 cm³/mol. The van der Waals surface area contributed by atoms with E-state index < -0.39 is 0 Å². The summed E-state index contributed by atoms with van der Waals surface area (Å²) in [6.45, 7) is 1.26. The molecule has 4 fully saturated rings. The zero-order chi connectivity index (χ0) is 21.3. The van der Waals surface area contributed by atoms with Crippen LogP contribution in [-0.4, -0.2) is 28.2 Å². The Bertz CT molecular complexity index is 874. The fourth-order valence-electron chi connectivity index (χ4n) is 6.55. The Labute approximate surface area is 183 Å². The lowest BCUT2D eigenvalue weighted by atomic mass is 9.49. The third kappa shape index (κ3) is 4.39. The molecule has 1 N–H and O–H groups in total. The van der Waals surface area contributed by atoms with Gasteiger partial charge in [-0.05, 0) is 80.0 Å². The normalized spacial score (nSPS) is 28.5. The molecule has 2 aromatic heterocycles. The third-order valence-electron chi connectivity index (χ3n) is 7.52. The molecule has 31 heavy (non-hydrogen) atoms. The van der Waals surface area contributed by atoms with Crippen LogP contribution in [-0.2, 0) is 22.7 Å². The van der Waals surface area contributed by atoms with Gasteiger partial charge in [0.15, 0.2) is 0 Å². The molecule has 2 aromatic rings. The molecule has 0 aliphatic heterocycles. The maximum Gasteiger partial charge on any atom is 0.226 e. The van der Waals surface area contributed by atoms with E-state index in [1.54, 1.807) is 23.6 Å². The van der Waals surface area contributed by atoms with Crippen molar-refractivity contribution in [1.82, 2.24) is 15.2 Å². The van der Waals surface area contributed by atoms with Crippen LogP contribution in [0.1, 0.15) is 56.3 Å². The van der Waals surface area contributed by atoms with Crippen LogP contribution in [0.2, 0.25) is 0 Å². The zero-order valence-electron chi connectivity index (χ0n) is 18.0. The van der Waals surface area contributed by atoms with Crippen LogP contribution in [0.25, 0.3) is 0 Å². The summed E-state index contributed by atoms with van der Waals surface area (Å²) in [7, 11) is 0. The van der Waals surface area contributed by atoms with Crippen LogP contribution in [0.15, 0.2) is 47.3 Å². The van der Waals surface area contributed by atoms with Gasteiger partial charge in [0.25, 0.3) is 0 Å². The summed E-state index contributed by atoms with van der Waals surface area (Å²) in [5.41, 5.74) is 0.807. The number of carbonyl (C=O) groups excluding carboxylic acids is 2. The van der Waals surface area contributed by atoms with Crippen LogP contribution >= 0.6 is 0 Å². The van der Waals surface area contributed by atoms with Crippen molar-refractivity contribution in [3.8, 4) is 0 Å². The van der Waals surface area contributed by atoms with Crippen molar-refractivity contribution in [3.05, 3.63) is 54.2 Å². The average molecular weight is 422 g/mol. The molecule has 164 valence electrons. The van der Waals surface area contributed by atoms with Gasteiger partial charge in [-0.2, -0.15) is 0 Å². The third-order valence-corrected chi connectivity index (χ3v) is 7.52. The Morgan fingerprint density at radius 2 is 1.81 bits per heavy atom. The van der Waals surface area contributed by atoms with Crippen LogP contribution < -0.4 is 5.32 Å². The van der Waals surface area contributed by atoms with Crippen molar-refractivity contribution in [2.75, 3.05) is 6.54 Å². The highest BCUT2D eigenvalue weighted by Gasteiger charge is 2.54. The predicted octanol–water partition coefficient (Wildman–Crippen LogP) is 3.93. The maximum absolute atomic E-state index is 13.1. The first-order chi connectivity index (χ1) is 15.1. The number of hydrogen-bond acceptors (Lipinski definition) is 4. The van der Waals surface area contributed by atoms with Crippen molar-refractivity contribution in [3.63, 3.8) is 0 Å². The van der Waals surface area contributed by atoms with Crippen LogP contribution in [0.5, 0.6) is 0 Å². The van der Waals surface area contributed by atoms with E-state index in [1.165, 1.54) is 19.3 Å². The highest BCUT2D eigenvalue weighted by atomic mass is 16.3. The van der Waals surface area contributed by atoms with Crippen molar-refractivity contribution in [1.29, 1.82) is 0 Å². The molecule has 4 bridgehead atoms. The van der Waals surface area contributed by atoms with E-state index in [4.69, 9.17) is 4.42 Å². The van der Waals surface area contributed by atoms with Gasteiger partial charge < -0.3 is 14.6 Å². The molecule has 4 saturated carbocycles. The lowest BCUT2D eigenvalue weighted by Crippen LogP contribution is -2.53. The minimum Gasteiger partial charge on any atom is -0.467 e. The zero-order valence-corrected chi connectivity index (χ0v) is 18.0. The molecule has 0 saturated heterocycles. The van der Waals surface area contributed by atoms with E-state index in [2.05, 4.69) is 10.3 Å². The maximum atomic E-state index is 13.1. The molecule has 6 rings (SSSR count). The van der Waals surface area contributed by atoms with Crippen molar-refractivity contribution in [2.24, 2.45) is 23.2 Å². The van der Waals surface area contributed by atoms with Crippen molar-refractivity contribution >= 4 is 11.8 Å². The molecule has 6 heteroatoms. The van der Waals surface area contributed by atoms with Gasteiger partial charge in [0, 0.05) is 37.3 Å². The Kier molecular flexibility index (Phi) is 5.55. The number of amides is 2. The summed E-state index contributed by atoms with van der Waals surface area (Å²) in [6, 6.07) is 7.53. The van der Waals surface area contributed by atoms with Gasteiger partial charge in [-0.1, -0.05) is 6.07 Å². The standard InChI is InChI=1S/C25H31N3O3/c29-23(28(17-22-4-2-8-31-22)16-18-3-1-6-26-15-18)5-7-27-24(30)25-12-19-9-20(13-25)11-21(10-19)14-25/h1-4,6,8,15,19-21H,5,7,9-14,16-17H2,(H,27,30). The SMILES string of the molecule is O=C(CCNC(=O)C12CC3CC(CC(C3)C1)C2)N(Cc1cccnc1)Cc1ccco1. The number of aromatic nitrogens is 1. The lowest BCUT2D eigenvalue weighted by molar-refractivity contribution is -0.146. The van der Waals surface area contributed by atoms with Gasteiger partial charge in [-0.3, -0.25) is 14.6 Å². The summed E-state index contributed by atoms with van der Waals surface area (Å²) in [5, 5.41) is 3.13. The minimum atomic E-state index is -0.165. The highest BCUT2D eigenvalue weighted by molar-refractivity contribution is 5.84. The number of pyridine rings is 1.